The molecule has 0 spiro atoms. The molecule has 4 rings (SSSR count). The van der Waals surface area contributed by atoms with E-state index in [2.05, 4.69) is 16.7 Å². The summed E-state index contributed by atoms with van der Waals surface area (Å²) in [6.45, 7) is 1.95. The molecular weight excluding hydrogens is 487 g/mol. The van der Waals surface area contributed by atoms with Crippen LogP contribution >= 0.6 is 11.6 Å². The minimum atomic E-state index is -1.73. The quantitative estimate of drug-likeness (QED) is 0.321. The van der Waals surface area contributed by atoms with Gasteiger partial charge in [0.25, 0.3) is 0 Å². The smallest absolute Gasteiger partial charge is 0.426 e. The molecule has 0 aliphatic heterocycles. The Labute approximate surface area is 223 Å². The second kappa shape index (κ2) is 12.4. The molecule has 192 valence electrons. The highest BCUT2D eigenvalue weighted by atomic mass is 35.5. The predicted molar refractivity (Wildman–Crippen MR) is 146 cm³/mol. The third kappa shape index (κ3) is 7.22. The minimum absolute atomic E-state index is 0.0719. The molecule has 3 aromatic rings. The molecule has 3 aromatic carbocycles. The molecule has 1 aliphatic carbocycles. The number of hydrogen-bond donors (Lipinski definition) is 4. The Morgan fingerprint density at radius 3 is 2.57 bits per heavy atom. The topological polar surface area (TPSA) is 98.7 Å². The van der Waals surface area contributed by atoms with Crippen LogP contribution < -0.4 is 10.6 Å². The molecule has 0 saturated carbocycles. The fraction of sp³-hybridized carbons (Fsp3) is 0.310. The second-order valence-electron chi connectivity index (χ2n) is 9.74. The number of carbonyl (C=O) groups is 2. The van der Waals surface area contributed by atoms with Gasteiger partial charge in [0.15, 0.2) is 0 Å². The zero-order valence-corrected chi connectivity index (χ0v) is 21.6. The van der Waals surface area contributed by atoms with Crippen LogP contribution in [0.1, 0.15) is 59.0 Å². The van der Waals surface area contributed by atoms with Crippen molar-refractivity contribution in [1.29, 1.82) is 0 Å². The highest BCUT2D eigenvalue weighted by Crippen LogP contribution is 2.32. The maximum Gasteiger partial charge on any atom is 0.475 e. The van der Waals surface area contributed by atoms with Gasteiger partial charge in [-0.2, -0.15) is 0 Å². The van der Waals surface area contributed by atoms with Crippen LogP contribution in [-0.4, -0.2) is 34.9 Å². The van der Waals surface area contributed by atoms with Crippen molar-refractivity contribution in [2.24, 2.45) is 0 Å². The van der Waals surface area contributed by atoms with Crippen LogP contribution in [0.25, 0.3) is 0 Å². The van der Waals surface area contributed by atoms with Gasteiger partial charge in [-0.1, -0.05) is 77.8 Å². The summed E-state index contributed by atoms with van der Waals surface area (Å²) >= 11 is 6.23. The van der Waals surface area contributed by atoms with Crippen LogP contribution in [0, 0.1) is 6.92 Å². The summed E-state index contributed by atoms with van der Waals surface area (Å²) in [5.74, 6) is -1.72. The minimum Gasteiger partial charge on any atom is -0.426 e. The van der Waals surface area contributed by atoms with Crippen LogP contribution in [0.2, 0.25) is 5.02 Å². The van der Waals surface area contributed by atoms with Gasteiger partial charge in [0.05, 0.1) is 24.3 Å². The van der Waals surface area contributed by atoms with Crippen molar-refractivity contribution in [3.63, 3.8) is 0 Å². The number of nitrogens with one attached hydrogen (secondary N) is 2. The molecule has 0 heterocycles. The van der Waals surface area contributed by atoms with E-state index in [0.29, 0.717) is 10.6 Å². The highest BCUT2D eigenvalue weighted by molar-refractivity contribution is 6.43. The summed E-state index contributed by atoms with van der Waals surface area (Å²) in [7, 11) is -1.73. The van der Waals surface area contributed by atoms with E-state index >= 15 is 0 Å². The number of halogens is 1. The normalized spacial score (nSPS) is 16.3. The molecule has 2 amide bonds. The van der Waals surface area contributed by atoms with Crippen molar-refractivity contribution >= 4 is 30.5 Å². The SMILES string of the molecule is Cc1cccc(CC(NC(=O)CC(NC(=O)C2CCCc3ccccc32)c2cccc(Cl)c2)B(O)O)c1. The number of aryl methyl sites for hydroxylation is 2. The average Bonchev–Trinajstić information content (AvgIpc) is 2.87. The zero-order valence-electron chi connectivity index (χ0n) is 20.9. The molecular formula is C29H32BClN2O4. The Balaban J connectivity index is 1.50. The Morgan fingerprint density at radius 2 is 1.81 bits per heavy atom. The Morgan fingerprint density at radius 1 is 1.03 bits per heavy atom. The van der Waals surface area contributed by atoms with E-state index in [1.54, 1.807) is 18.2 Å². The molecule has 1 aliphatic rings. The van der Waals surface area contributed by atoms with Gasteiger partial charge in [-0.15, -0.1) is 0 Å². The van der Waals surface area contributed by atoms with Gasteiger partial charge in [0.1, 0.15) is 0 Å². The number of benzene rings is 3. The maximum absolute atomic E-state index is 13.5. The summed E-state index contributed by atoms with van der Waals surface area (Å²) in [6, 6.07) is 22.1. The van der Waals surface area contributed by atoms with E-state index in [9.17, 15) is 19.6 Å². The molecule has 0 bridgehead atoms. The number of fused-ring (bicyclic) bond motifs is 1. The van der Waals surface area contributed by atoms with E-state index < -0.39 is 25.0 Å². The first kappa shape index (κ1) is 26.9. The Kier molecular flexibility index (Phi) is 9.03. The predicted octanol–water partition coefficient (Wildman–Crippen LogP) is 4.06. The summed E-state index contributed by atoms with van der Waals surface area (Å²) < 4.78 is 0. The fourth-order valence-corrected chi connectivity index (χ4v) is 5.25. The third-order valence-electron chi connectivity index (χ3n) is 6.89. The van der Waals surface area contributed by atoms with Gasteiger partial charge in [-0.25, -0.2) is 0 Å². The zero-order chi connectivity index (χ0) is 26.4. The lowest BCUT2D eigenvalue weighted by atomic mass is 9.75. The van der Waals surface area contributed by atoms with Gasteiger partial charge in [0, 0.05) is 5.02 Å². The van der Waals surface area contributed by atoms with Crippen LogP contribution in [-0.2, 0) is 22.4 Å². The molecule has 3 unspecified atom stereocenters. The first-order valence-corrected chi connectivity index (χ1v) is 13.0. The van der Waals surface area contributed by atoms with E-state index in [1.165, 1.54) is 5.56 Å². The van der Waals surface area contributed by atoms with Crippen LogP contribution in [0.5, 0.6) is 0 Å². The van der Waals surface area contributed by atoms with Gasteiger partial charge in [-0.05, 0) is 67.0 Å². The van der Waals surface area contributed by atoms with Crippen molar-refractivity contribution in [1.82, 2.24) is 10.6 Å². The lowest BCUT2D eigenvalue weighted by Crippen LogP contribution is -2.48. The first-order valence-electron chi connectivity index (χ1n) is 12.6. The molecule has 8 heteroatoms. The van der Waals surface area contributed by atoms with Crippen molar-refractivity contribution in [2.75, 3.05) is 0 Å². The fourth-order valence-electron chi connectivity index (χ4n) is 5.05. The van der Waals surface area contributed by atoms with Crippen molar-refractivity contribution in [3.8, 4) is 0 Å². The van der Waals surface area contributed by atoms with Crippen LogP contribution in [0.3, 0.4) is 0 Å². The molecule has 0 radical (unpaired) electrons. The van der Waals surface area contributed by atoms with Crippen molar-refractivity contribution in [2.45, 2.75) is 56.9 Å². The largest absolute Gasteiger partial charge is 0.475 e. The van der Waals surface area contributed by atoms with Crippen molar-refractivity contribution in [3.05, 3.63) is 106 Å². The van der Waals surface area contributed by atoms with Crippen LogP contribution in [0.4, 0.5) is 0 Å². The van der Waals surface area contributed by atoms with E-state index in [0.717, 1.165) is 36.0 Å². The number of hydrogen-bond acceptors (Lipinski definition) is 4. The molecule has 4 N–H and O–H groups in total. The lowest BCUT2D eigenvalue weighted by molar-refractivity contribution is -0.125. The molecule has 0 fully saturated rings. The molecule has 0 aromatic heterocycles. The Hall–Kier alpha value is -3.13. The van der Waals surface area contributed by atoms with Gasteiger partial charge in [0.2, 0.25) is 11.8 Å². The van der Waals surface area contributed by atoms with Crippen LogP contribution in [0.15, 0.2) is 72.8 Å². The maximum atomic E-state index is 13.5. The average molecular weight is 519 g/mol. The van der Waals surface area contributed by atoms with Gasteiger partial charge < -0.3 is 20.7 Å². The first-order chi connectivity index (χ1) is 17.8. The summed E-state index contributed by atoms with van der Waals surface area (Å²) in [4.78, 5) is 26.6. The second-order valence-corrected chi connectivity index (χ2v) is 10.2. The standard InChI is InChI=1S/C29H32BClN2O4/c1-19-7-4-8-20(15-19)16-27(30(36)37)33-28(34)18-26(22-11-5-12-23(31)17-22)32-29(35)25-14-6-10-21-9-2-3-13-24(21)25/h2-5,7-9,11-13,15,17,25-27,36-37H,6,10,14,16,18H2,1H3,(H,32,35)(H,33,34). The lowest BCUT2D eigenvalue weighted by Gasteiger charge is -2.28. The number of amides is 2. The summed E-state index contributed by atoms with van der Waals surface area (Å²) in [5.41, 5.74) is 4.85. The number of rotatable bonds is 9. The number of carbonyl (C=O) groups excluding carboxylic acids is 2. The van der Waals surface area contributed by atoms with E-state index in [-0.39, 0.29) is 24.7 Å². The van der Waals surface area contributed by atoms with Gasteiger partial charge >= 0.3 is 7.12 Å². The van der Waals surface area contributed by atoms with Crippen molar-refractivity contribution < 1.29 is 19.6 Å². The van der Waals surface area contributed by atoms with E-state index in [1.807, 2.05) is 55.5 Å². The summed E-state index contributed by atoms with van der Waals surface area (Å²) in [6.07, 6.45) is 2.81. The monoisotopic (exact) mass is 518 g/mol. The molecule has 3 atom stereocenters. The van der Waals surface area contributed by atoms with Gasteiger partial charge in [-0.3, -0.25) is 9.59 Å². The molecule has 6 nitrogen and oxygen atoms in total. The Bertz CT molecular complexity index is 1250. The third-order valence-corrected chi connectivity index (χ3v) is 7.12. The molecule has 0 saturated heterocycles. The highest BCUT2D eigenvalue weighted by Gasteiger charge is 2.30. The van der Waals surface area contributed by atoms with E-state index in [4.69, 9.17) is 11.6 Å². The summed E-state index contributed by atoms with van der Waals surface area (Å²) in [5, 5.41) is 26.2. The molecule has 37 heavy (non-hydrogen) atoms.